The van der Waals surface area contributed by atoms with Crippen LogP contribution in [-0.4, -0.2) is 41.5 Å². The number of aryl methyl sites for hydroxylation is 1. The smallest absolute Gasteiger partial charge is 0.287 e. The van der Waals surface area contributed by atoms with Crippen molar-refractivity contribution in [2.75, 3.05) is 20.3 Å². The number of imidazole rings is 1. The van der Waals surface area contributed by atoms with Crippen LogP contribution in [0.15, 0.2) is 48.7 Å². The fourth-order valence-electron chi connectivity index (χ4n) is 2.93. The molecule has 1 aromatic carbocycles. The Morgan fingerprint density at radius 1 is 1.07 bits per heavy atom. The van der Waals surface area contributed by atoms with Crippen molar-refractivity contribution in [1.29, 1.82) is 0 Å². The normalized spacial score (nSPS) is 10.8. The van der Waals surface area contributed by atoms with Crippen LogP contribution in [0.25, 0.3) is 5.52 Å². The number of ether oxygens (including phenoxy) is 1. The van der Waals surface area contributed by atoms with Crippen molar-refractivity contribution in [2.45, 2.75) is 19.9 Å². The third-order valence-electron chi connectivity index (χ3n) is 4.48. The van der Waals surface area contributed by atoms with Crippen LogP contribution in [0, 0.1) is 6.92 Å². The van der Waals surface area contributed by atoms with Crippen LogP contribution in [0.2, 0.25) is 0 Å². The number of hydrogen-bond acceptors (Lipinski definition) is 4. The van der Waals surface area contributed by atoms with E-state index in [2.05, 4.69) is 15.6 Å². The predicted octanol–water partition coefficient (Wildman–Crippen LogP) is 2.34. The third-order valence-corrected chi connectivity index (χ3v) is 4.48. The molecular formula is C21H24N4O3. The second kappa shape index (κ2) is 9.14. The van der Waals surface area contributed by atoms with E-state index in [1.54, 1.807) is 29.8 Å². The molecule has 28 heavy (non-hydrogen) atoms. The van der Waals surface area contributed by atoms with E-state index in [9.17, 15) is 9.59 Å². The molecule has 0 atom stereocenters. The molecule has 0 bridgehead atoms. The summed E-state index contributed by atoms with van der Waals surface area (Å²) in [5.41, 5.74) is 2.96. The number of rotatable bonds is 8. The largest absolute Gasteiger partial charge is 0.385 e. The van der Waals surface area contributed by atoms with Crippen molar-refractivity contribution in [3.63, 3.8) is 0 Å². The summed E-state index contributed by atoms with van der Waals surface area (Å²) in [5, 5.41) is 5.71. The highest BCUT2D eigenvalue weighted by Gasteiger charge is 2.21. The van der Waals surface area contributed by atoms with Gasteiger partial charge in [-0.25, -0.2) is 4.98 Å². The van der Waals surface area contributed by atoms with Crippen LogP contribution in [-0.2, 0) is 11.3 Å². The van der Waals surface area contributed by atoms with Crippen molar-refractivity contribution in [3.8, 4) is 0 Å². The van der Waals surface area contributed by atoms with Crippen LogP contribution in [0.4, 0.5) is 0 Å². The van der Waals surface area contributed by atoms with Crippen LogP contribution in [0.1, 0.15) is 38.7 Å². The minimum atomic E-state index is -0.331. The minimum absolute atomic E-state index is 0.186. The van der Waals surface area contributed by atoms with E-state index in [0.29, 0.717) is 31.6 Å². The number of nitrogens with zero attached hydrogens (tertiary/aromatic N) is 2. The number of carbonyl (C=O) groups excluding carboxylic acids is 2. The number of benzene rings is 1. The first kappa shape index (κ1) is 19.6. The molecule has 3 rings (SSSR count). The van der Waals surface area contributed by atoms with Crippen LogP contribution in [0.3, 0.4) is 0 Å². The Balaban J connectivity index is 1.78. The van der Waals surface area contributed by atoms with E-state index < -0.39 is 0 Å². The lowest BCUT2D eigenvalue weighted by atomic mass is 10.1. The van der Waals surface area contributed by atoms with E-state index in [4.69, 9.17) is 4.74 Å². The Morgan fingerprint density at radius 3 is 2.64 bits per heavy atom. The highest BCUT2D eigenvalue weighted by atomic mass is 16.5. The number of pyridine rings is 1. The van der Waals surface area contributed by atoms with Gasteiger partial charge in [-0.05, 0) is 36.6 Å². The molecule has 0 saturated carbocycles. The molecule has 2 heterocycles. The molecule has 0 aliphatic heterocycles. The van der Waals surface area contributed by atoms with Crippen LogP contribution >= 0.6 is 0 Å². The van der Waals surface area contributed by atoms with Gasteiger partial charge in [-0.3, -0.25) is 14.0 Å². The van der Waals surface area contributed by atoms with Gasteiger partial charge in [0.1, 0.15) is 0 Å². The van der Waals surface area contributed by atoms with Crippen LogP contribution < -0.4 is 10.6 Å². The Morgan fingerprint density at radius 2 is 1.86 bits per heavy atom. The molecule has 0 aliphatic rings. The van der Waals surface area contributed by atoms with Gasteiger partial charge < -0.3 is 15.4 Å². The number of fused-ring (bicyclic) bond motifs is 1. The lowest BCUT2D eigenvalue weighted by molar-refractivity contribution is 0.0939. The first-order valence-corrected chi connectivity index (χ1v) is 9.18. The fraction of sp³-hybridized carbons (Fsp3) is 0.286. The standard InChI is InChI=1S/C21H24N4O3/c1-15-8-3-4-9-16(15)14-23-21(27)19-24-18(17-10-5-6-12-25(17)19)20(26)22-11-7-13-28-2/h3-6,8-10,12H,7,11,13-14H2,1-2H3,(H,22,26)(H,23,27). The van der Waals surface area contributed by atoms with E-state index in [0.717, 1.165) is 11.1 Å². The molecule has 7 nitrogen and oxygen atoms in total. The van der Waals surface area contributed by atoms with E-state index in [1.165, 1.54) is 0 Å². The maximum absolute atomic E-state index is 12.7. The van der Waals surface area contributed by atoms with Gasteiger partial charge in [0.25, 0.3) is 11.8 Å². The molecule has 0 aliphatic carbocycles. The van der Waals surface area contributed by atoms with Crippen molar-refractivity contribution >= 4 is 17.3 Å². The predicted molar refractivity (Wildman–Crippen MR) is 106 cm³/mol. The fourth-order valence-corrected chi connectivity index (χ4v) is 2.93. The Kier molecular flexibility index (Phi) is 6.39. The number of nitrogens with one attached hydrogen (secondary N) is 2. The molecule has 7 heteroatoms. The van der Waals surface area contributed by atoms with E-state index in [-0.39, 0.29) is 23.3 Å². The topological polar surface area (TPSA) is 84.7 Å². The molecule has 0 saturated heterocycles. The van der Waals surface area contributed by atoms with Gasteiger partial charge in [0.2, 0.25) is 5.82 Å². The Labute approximate surface area is 163 Å². The Hall–Kier alpha value is -3.19. The average Bonchev–Trinajstić information content (AvgIpc) is 3.10. The van der Waals surface area contributed by atoms with E-state index in [1.807, 2.05) is 37.3 Å². The molecule has 2 aromatic heterocycles. The SMILES string of the molecule is COCCCNC(=O)c1nc(C(=O)NCc2ccccc2C)n2ccccc12. The first-order chi connectivity index (χ1) is 13.6. The monoisotopic (exact) mass is 380 g/mol. The summed E-state index contributed by atoms with van der Waals surface area (Å²) in [6.45, 7) is 3.44. The zero-order valence-corrected chi connectivity index (χ0v) is 16.1. The molecule has 0 radical (unpaired) electrons. The molecule has 0 fully saturated rings. The molecule has 2 amide bonds. The maximum Gasteiger partial charge on any atom is 0.287 e. The maximum atomic E-state index is 12.7. The Bertz CT molecular complexity index is 981. The average molecular weight is 380 g/mol. The molecule has 2 N–H and O–H groups in total. The van der Waals surface area contributed by atoms with Crippen molar-refractivity contribution in [1.82, 2.24) is 20.0 Å². The second-order valence-corrected chi connectivity index (χ2v) is 6.45. The van der Waals surface area contributed by atoms with Crippen molar-refractivity contribution < 1.29 is 14.3 Å². The number of hydrogen-bond donors (Lipinski definition) is 2. The lowest BCUT2D eigenvalue weighted by Crippen LogP contribution is -2.27. The molecule has 0 spiro atoms. The van der Waals surface area contributed by atoms with Gasteiger partial charge in [-0.15, -0.1) is 0 Å². The van der Waals surface area contributed by atoms with Gasteiger partial charge >= 0.3 is 0 Å². The second-order valence-electron chi connectivity index (χ2n) is 6.45. The molecular weight excluding hydrogens is 356 g/mol. The molecule has 0 unspecified atom stereocenters. The summed E-state index contributed by atoms with van der Waals surface area (Å²) >= 11 is 0. The molecule has 146 valence electrons. The number of carbonyl (C=O) groups is 2. The number of aromatic nitrogens is 2. The summed E-state index contributed by atoms with van der Waals surface area (Å²) in [4.78, 5) is 29.6. The van der Waals surface area contributed by atoms with Gasteiger partial charge in [0.05, 0.1) is 5.52 Å². The summed E-state index contributed by atoms with van der Waals surface area (Å²) in [6, 6.07) is 13.2. The van der Waals surface area contributed by atoms with E-state index >= 15 is 0 Å². The van der Waals surface area contributed by atoms with Gasteiger partial charge in [-0.1, -0.05) is 30.3 Å². The lowest BCUT2D eigenvalue weighted by Gasteiger charge is -2.07. The quantitative estimate of drug-likeness (QED) is 0.588. The van der Waals surface area contributed by atoms with Gasteiger partial charge in [0, 0.05) is 33.0 Å². The number of methoxy groups -OCH3 is 1. The van der Waals surface area contributed by atoms with Gasteiger partial charge in [-0.2, -0.15) is 0 Å². The first-order valence-electron chi connectivity index (χ1n) is 9.18. The van der Waals surface area contributed by atoms with Crippen molar-refractivity contribution in [2.24, 2.45) is 0 Å². The zero-order valence-electron chi connectivity index (χ0n) is 16.1. The van der Waals surface area contributed by atoms with Gasteiger partial charge in [0.15, 0.2) is 5.69 Å². The summed E-state index contributed by atoms with van der Waals surface area (Å²) < 4.78 is 6.62. The highest BCUT2D eigenvalue weighted by molar-refractivity contribution is 6.02. The molecule has 3 aromatic rings. The van der Waals surface area contributed by atoms with Crippen LogP contribution in [0.5, 0.6) is 0 Å². The summed E-state index contributed by atoms with van der Waals surface area (Å²) in [6.07, 6.45) is 2.44. The van der Waals surface area contributed by atoms with Crippen molar-refractivity contribution in [3.05, 3.63) is 71.3 Å². The number of amides is 2. The summed E-state index contributed by atoms with van der Waals surface area (Å²) in [5.74, 6) is -0.452. The zero-order chi connectivity index (χ0) is 19.9. The highest BCUT2D eigenvalue weighted by Crippen LogP contribution is 2.14. The third kappa shape index (κ3) is 4.37. The minimum Gasteiger partial charge on any atom is -0.385 e. The summed E-state index contributed by atoms with van der Waals surface area (Å²) in [7, 11) is 1.62.